The largest absolute Gasteiger partial charge is 0.320 e. The molecule has 1 fully saturated rings. The third-order valence-corrected chi connectivity index (χ3v) is 2.40. The Morgan fingerprint density at radius 3 is 2.77 bits per heavy atom. The van der Waals surface area contributed by atoms with E-state index in [9.17, 15) is 4.79 Å². The lowest BCUT2D eigenvalue weighted by Crippen LogP contribution is -2.41. The molecule has 1 atom stereocenters. The van der Waals surface area contributed by atoms with Crippen molar-refractivity contribution in [2.24, 2.45) is 5.73 Å². The van der Waals surface area contributed by atoms with Gasteiger partial charge < -0.3 is 5.73 Å². The van der Waals surface area contributed by atoms with Crippen molar-refractivity contribution in [3.63, 3.8) is 0 Å². The van der Waals surface area contributed by atoms with Gasteiger partial charge in [-0.05, 0) is 19.3 Å². The van der Waals surface area contributed by atoms with Crippen molar-refractivity contribution in [1.29, 1.82) is 0 Å². The van der Waals surface area contributed by atoms with E-state index < -0.39 is 6.04 Å². The zero-order valence-corrected chi connectivity index (χ0v) is 8.08. The van der Waals surface area contributed by atoms with E-state index in [-0.39, 0.29) is 12.0 Å². The van der Waals surface area contributed by atoms with Crippen molar-refractivity contribution in [2.45, 2.75) is 51.2 Å². The van der Waals surface area contributed by atoms with E-state index in [1.807, 2.05) is 6.92 Å². The first-order valence-electron chi connectivity index (χ1n) is 4.95. The van der Waals surface area contributed by atoms with Gasteiger partial charge in [-0.15, -0.1) is 0 Å². The van der Waals surface area contributed by atoms with Crippen LogP contribution in [0, 0.1) is 0 Å². The molecule has 0 radical (unpaired) electrons. The van der Waals surface area contributed by atoms with Crippen molar-refractivity contribution < 1.29 is 9.63 Å². The predicted molar refractivity (Wildman–Crippen MR) is 49.8 cm³/mol. The molecule has 1 aliphatic rings. The molecule has 0 aliphatic heterocycles. The van der Waals surface area contributed by atoms with E-state index in [2.05, 4.69) is 5.48 Å². The Bertz CT molecular complexity index is 167. The highest BCUT2D eigenvalue weighted by atomic mass is 16.7. The minimum atomic E-state index is -0.443. The van der Waals surface area contributed by atoms with Crippen LogP contribution in [0.5, 0.6) is 0 Å². The molecule has 0 heterocycles. The van der Waals surface area contributed by atoms with E-state index in [0.717, 1.165) is 12.8 Å². The first kappa shape index (κ1) is 10.5. The fourth-order valence-corrected chi connectivity index (χ4v) is 1.41. The molecule has 1 aliphatic carbocycles. The van der Waals surface area contributed by atoms with Crippen LogP contribution in [0.3, 0.4) is 0 Å². The summed E-state index contributed by atoms with van der Waals surface area (Å²) in [6, 6.07) is -0.443. The maximum Gasteiger partial charge on any atom is 0.260 e. The SMILES string of the molecule is CCC(N)C(=O)NOC1CCCC1. The third kappa shape index (κ3) is 3.32. The van der Waals surface area contributed by atoms with Gasteiger partial charge in [-0.3, -0.25) is 9.63 Å². The second-order valence-electron chi connectivity index (χ2n) is 3.51. The Morgan fingerprint density at radius 1 is 1.62 bits per heavy atom. The van der Waals surface area contributed by atoms with Crippen LogP contribution in [-0.2, 0) is 9.63 Å². The zero-order valence-electron chi connectivity index (χ0n) is 8.08. The maximum atomic E-state index is 11.2. The van der Waals surface area contributed by atoms with Crippen LogP contribution in [0.4, 0.5) is 0 Å². The number of carbonyl (C=O) groups is 1. The molecule has 1 amide bonds. The molecule has 1 unspecified atom stereocenters. The van der Waals surface area contributed by atoms with Crippen LogP contribution in [0.2, 0.25) is 0 Å². The van der Waals surface area contributed by atoms with Gasteiger partial charge in [0.15, 0.2) is 0 Å². The predicted octanol–water partition coefficient (Wildman–Crippen LogP) is 0.714. The molecule has 0 aromatic carbocycles. The average Bonchev–Trinajstić information content (AvgIpc) is 2.65. The molecule has 1 saturated carbocycles. The highest BCUT2D eigenvalue weighted by Gasteiger charge is 2.18. The van der Waals surface area contributed by atoms with Gasteiger partial charge in [-0.1, -0.05) is 19.8 Å². The fourth-order valence-electron chi connectivity index (χ4n) is 1.41. The van der Waals surface area contributed by atoms with Gasteiger partial charge in [-0.25, -0.2) is 5.48 Å². The van der Waals surface area contributed by atoms with Gasteiger partial charge in [0.1, 0.15) is 0 Å². The molecule has 1 rings (SSSR count). The number of hydroxylamine groups is 1. The number of hydrogen-bond donors (Lipinski definition) is 2. The van der Waals surface area contributed by atoms with Crippen molar-refractivity contribution in [3.05, 3.63) is 0 Å². The standard InChI is InChI=1S/C9H18N2O2/c1-2-8(10)9(12)11-13-7-5-3-4-6-7/h7-8H,2-6,10H2,1H3,(H,11,12). The van der Waals surface area contributed by atoms with Gasteiger partial charge in [-0.2, -0.15) is 0 Å². The fraction of sp³-hybridized carbons (Fsp3) is 0.889. The van der Waals surface area contributed by atoms with Crippen LogP contribution >= 0.6 is 0 Å². The van der Waals surface area contributed by atoms with Gasteiger partial charge in [0, 0.05) is 0 Å². The number of nitrogens with two attached hydrogens (primary N) is 1. The Hall–Kier alpha value is -0.610. The van der Waals surface area contributed by atoms with E-state index in [1.165, 1.54) is 12.8 Å². The van der Waals surface area contributed by atoms with Crippen LogP contribution in [0.25, 0.3) is 0 Å². The van der Waals surface area contributed by atoms with Crippen LogP contribution in [0.1, 0.15) is 39.0 Å². The summed E-state index contributed by atoms with van der Waals surface area (Å²) < 4.78 is 0. The summed E-state index contributed by atoms with van der Waals surface area (Å²) in [5.41, 5.74) is 7.92. The maximum absolute atomic E-state index is 11.2. The molecule has 4 nitrogen and oxygen atoms in total. The van der Waals surface area contributed by atoms with Crippen molar-refractivity contribution in [3.8, 4) is 0 Å². The van der Waals surface area contributed by atoms with Gasteiger partial charge >= 0.3 is 0 Å². The molecular formula is C9H18N2O2. The second kappa shape index (κ2) is 5.19. The summed E-state index contributed by atoms with van der Waals surface area (Å²) in [5, 5.41) is 0. The summed E-state index contributed by atoms with van der Waals surface area (Å²) in [4.78, 5) is 16.4. The normalized spacial score (nSPS) is 20.2. The summed E-state index contributed by atoms with van der Waals surface area (Å²) in [7, 11) is 0. The van der Waals surface area contributed by atoms with Crippen molar-refractivity contribution >= 4 is 5.91 Å². The average molecular weight is 186 g/mol. The van der Waals surface area contributed by atoms with Crippen molar-refractivity contribution in [1.82, 2.24) is 5.48 Å². The molecule has 0 bridgehead atoms. The molecule has 0 aromatic heterocycles. The second-order valence-corrected chi connectivity index (χ2v) is 3.51. The lowest BCUT2D eigenvalue weighted by molar-refractivity contribution is -0.139. The Labute approximate surface area is 78.8 Å². The molecule has 0 spiro atoms. The minimum Gasteiger partial charge on any atom is -0.320 e. The van der Waals surface area contributed by atoms with Gasteiger partial charge in [0.05, 0.1) is 12.1 Å². The van der Waals surface area contributed by atoms with E-state index in [0.29, 0.717) is 6.42 Å². The van der Waals surface area contributed by atoms with Crippen molar-refractivity contribution in [2.75, 3.05) is 0 Å². The zero-order chi connectivity index (χ0) is 9.68. The summed E-state index contributed by atoms with van der Waals surface area (Å²) in [6.07, 6.45) is 5.32. The Balaban J connectivity index is 2.13. The van der Waals surface area contributed by atoms with Gasteiger partial charge in [0.25, 0.3) is 5.91 Å². The smallest absolute Gasteiger partial charge is 0.260 e. The number of nitrogens with one attached hydrogen (secondary N) is 1. The lowest BCUT2D eigenvalue weighted by Gasteiger charge is -2.13. The molecule has 4 heteroatoms. The lowest BCUT2D eigenvalue weighted by atomic mass is 10.2. The molecule has 3 N–H and O–H groups in total. The molecule has 0 aromatic rings. The topological polar surface area (TPSA) is 64.4 Å². The first-order valence-corrected chi connectivity index (χ1v) is 4.95. The summed E-state index contributed by atoms with van der Waals surface area (Å²) >= 11 is 0. The number of amides is 1. The van der Waals surface area contributed by atoms with Crippen LogP contribution in [-0.4, -0.2) is 18.1 Å². The highest BCUT2D eigenvalue weighted by Crippen LogP contribution is 2.19. The van der Waals surface area contributed by atoms with Crippen LogP contribution in [0.15, 0.2) is 0 Å². The highest BCUT2D eigenvalue weighted by molar-refractivity contribution is 5.80. The number of rotatable bonds is 4. The molecule has 0 saturated heterocycles. The minimum absolute atomic E-state index is 0.202. The monoisotopic (exact) mass is 186 g/mol. The summed E-state index contributed by atoms with van der Waals surface area (Å²) in [6.45, 7) is 1.87. The Morgan fingerprint density at radius 2 is 2.23 bits per heavy atom. The van der Waals surface area contributed by atoms with E-state index in [1.54, 1.807) is 0 Å². The quantitative estimate of drug-likeness (QED) is 0.636. The third-order valence-electron chi connectivity index (χ3n) is 2.40. The van der Waals surface area contributed by atoms with E-state index >= 15 is 0 Å². The molecule has 13 heavy (non-hydrogen) atoms. The molecular weight excluding hydrogens is 168 g/mol. The first-order chi connectivity index (χ1) is 6.24. The summed E-state index contributed by atoms with van der Waals surface area (Å²) in [5.74, 6) is -0.214. The van der Waals surface area contributed by atoms with Crippen LogP contribution < -0.4 is 11.2 Å². The Kier molecular flexibility index (Phi) is 4.18. The van der Waals surface area contributed by atoms with E-state index in [4.69, 9.17) is 10.6 Å². The number of hydrogen-bond acceptors (Lipinski definition) is 3. The molecule has 76 valence electrons. The number of carbonyl (C=O) groups excluding carboxylic acids is 1. The van der Waals surface area contributed by atoms with Gasteiger partial charge in [0.2, 0.25) is 0 Å².